The van der Waals surface area contributed by atoms with E-state index in [9.17, 15) is 4.79 Å². The van der Waals surface area contributed by atoms with Gasteiger partial charge in [0.1, 0.15) is 12.2 Å². The van der Waals surface area contributed by atoms with Crippen LogP contribution in [0.3, 0.4) is 0 Å². The Morgan fingerprint density at radius 3 is 1.92 bits per heavy atom. The van der Waals surface area contributed by atoms with Crippen molar-refractivity contribution in [2.45, 2.75) is 24.4 Å². The Labute approximate surface area is 74.0 Å². The van der Waals surface area contributed by atoms with Gasteiger partial charge in [0.05, 0.1) is 6.10 Å². The lowest BCUT2D eigenvalue weighted by atomic mass is 10.0. The summed E-state index contributed by atoms with van der Waals surface area (Å²) in [4.78, 5) is 10.1. The molecule has 0 rings (SSSR count). The molecule has 0 aromatic heterocycles. The third-order valence-corrected chi connectivity index (χ3v) is 1.56. The number of carboxylic acids is 1. The van der Waals surface area contributed by atoms with Crippen LogP contribution in [0.1, 0.15) is 0 Å². The van der Waals surface area contributed by atoms with Crippen molar-refractivity contribution in [2.75, 3.05) is 6.54 Å². The zero-order chi connectivity index (χ0) is 10.6. The number of hydrogen-bond donors (Lipinski definition) is 6. The lowest BCUT2D eigenvalue weighted by Crippen LogP contribution is -2.49. The zero-order valence-corrected chi connectivity index (χ0v) is 6.74. The number of aliphatic carboxylic acids is 1. The van der Waals surface area contributed by atoms with Crippen LogP contribution >= 0.6 is 0 Å². The highest BCUT2D eigenvalue weighted by molar-refractivity contribution is 5.72. The molecule has 0 bridgehead atoms. The highest BCUT2D eigenvalue weighted by Crippen LogP contribution is 2.04. The van der Waals surface area contributed by atoms with Crippen LogP contribution in [-0.4, -0.2) is 62.5 Å². The molecule has 0 fully saturated rings. The van der Waals surface area contributed by atoms with Crippen LogP contribution in [0.4, 0.5) is 0 Å². The third kappa shape index (κ3) is 3.25. The number of nitrogens with two attached hydrogens (primary N) is 1. The monoisotopic (exact) mass is 195 g/mol. The standard InChI is InChI=1S/C6H13NO6/c7-1-2(8)3(9)4(10)5(11)6(12)13/h2-5,8-11H,1,7H2,(H,12,13)/t2-,3-,4-,5-/m0/s1. The maximum absolute atomic E-state index is 10.1. The van der Waals surface area contributed by atoms with Gasteiger partial charge in [-0.15, -0.1) is 0 Å². The Morgan fingerprint density at radius 1 is 1.15 bits per heavy atom. The van der Waals surface area contributed by atoms with Crippen LogP contribution < -0.4 is 5.73 Å². The molecule has 13 heavy (non-hydrogen) atoms. The summed E-state index contributed by atoms with van der Waals surface area (Å²) in [5.74, 6) is -1.68. The molecule has 0 radical (unpaired) electrons. The first kappa shape index (κ1) is 12.3. The Balaban J connectivity index is 4.24. The molecule has 0 aromatic carbocycles. The Bertz CT molecular complexity index is 175. The minimum Gasteiger partial charge on any atom is -0.479 e. The predicted octanol–water partition coefficient (Wildman–Crippen LogP) is -3.53. The average molecular weight is 195 g/mol. The summed E-state index contributed by atoms with van der Waals surface area (Å²) in [6, 6.07) is 0. The molecule has 0 aliphatic heterocycles. The van der Waals surface area contributed by atoms with Gasteiger partial charge in [0, 0.05) is 6.54 Å². The fourth-order valence-electron chi connectivity index (χ4n) is 0.700. The summed E-state index contributed by atoms with van der Waals surface area (Å²) in [6.45, 7) is -0.343. The summed E-state index contributed by atoms with van der Waals surface area (Å²) >= 11 is 0. The van der Waals surface area contributed by atoms with Gasteiger partial charge in [0.25, 0.3) is 0 Å². The van der Waals surface area contributed by atoms with E-state index in [0.717, 1.165) is 0 Å². The number of aliphatic hydroxyl groups excluding tert-OH is 4. The van der Waals surface area contributed by atoms with Gasteiger partial charge in [-0.05, 0) is 0 Å². The summed E-state index contributed by atoms with van der Waals surface area (Å²) in [5, 5.41) is 43.8. The van der Waals surface area contributed by atoms with E-state index in [1.807, 2.05) is 0 Å². The number of hydrogen-bond acceptors (Lipinski definition) is 6. The Kier molecular flexibility index (Phi) is 4.81. The summed E-state index contributed by atoms with van der Waals surface area (Å²) in [6.07, 6.45) is -7.35. The second-order valence-corrected chi connectivity index (χ2v) is 2.57. The van der Waals surface area contributed by atoms with Gasteiger partial charge in [-0.2, -0.15) is 0 Å². The normalized spacial score (nSPS) is 20.4. The molecule has 0 aliphatic carbocycles. The lowest BCUT2D eigenvalue weighted by Gasteiger charge is -2.23. The molecule has 0 heterocycles. The Morgan fingerprint density at radius 2 is 1.62 bits per heavy atom. The minimum absolute atomic E-state index is 0.343. The van der Waals surface area contributed by atoms with Crippen molar-refractivity contribution in [3.63, 3.8) is 0 Å². The van der Waals surface area contributed by atoms with Crippen LogP contribution in [0.2, 0.25) is 0 Å². The maximum atomic E-state index is 10.1. The summed E-state index contributed by atoms with van der Waals surface area (Å²) < 4.78 is 0. The molecule has 78 valence electrons. The van der Waals surface area contributed by atoms with Crippen molar-refractivity contribution in [1.82, 2.24) is 0 Å². The topological polar surface area (TPSA) is 144 Å². The second kappa shape index (κ2) is 5.10. The predicted molar refractivity (Wildman–Crippen MR) is 40.7 cm³/mol. The molecular formula is C6H13NO6. The van der Waals surface area contributed by atoms with Crippen LogP contribution in [0.15, 0.2) is 0 Å². The maximum Gasteiger partial charge on any atom is 0.335 e. The molecule has 0 saturated heterocycles. The highest BCUT2D eigenvalue weighted by atomic mass is 16.4. The van der Waals surface area contributed by atoms with Gasteiger partial charge >= 0.3 is 5.97 Å². The van der Waals surface area contributed by atoms with Crippen LogP contribution in [0.25, 0.3) is 0 Å². The first-order chi connectivity index (χ1) is 5.91. The summed E-state index contributed by atoms with van der Waals surface area (Å²) in [7, 11) is 0. The molecule has 0 amide bonds. The number of carbonyl (C=O) groups is 1. The molecule has 0 aromatic rings. The van der Waals surface area contributed by atoms with Crippen molar-refractivity contribution >= 4 is 5.97 Å². The van der Waals surface area contributed by atoms with Crippen molar-refractivity contribution in [3.8, 4) is 0 Å². The van der Waals surface area contributed by atoms with Gasteiger partial charge in [-0.25, -0.2) is 4.79 Å². The molecule has 7 N–H and O–H groups in total. The van der Waals surface area contributed by atoms with Crippen molar-refractivity contribution in [2.24, 2.45) is 5.73 Å². The molecule has 0 unspecified atom stereocenters. The van der Waals surface area contributed by atoms with Crippen LogP contribution in [0.5, 0.6) is 0 Å². The first-order valence-corrected chi connectivity index (χ1v) is 3.57. The van der Waals surface area contributed by atoms with E-state index >= 15 is 0 Å². The van der Waals surface area contributed by atoms with E-state index < -0.39 is 30.4 Å². The number of carboxylic acid groups (broad SMARTS) is 1. The van der Waals surface area contributed by atoms with E-state index in [0.29, 0.717) is 0 Å². The SMILES string of the molecule is NC[C@H](O)[C@H](O)[C@H](O)[C@H](O)C(=O)O. The molecule has 0 spiro atoms. The quantitative estimate of drug-likeness (QED) is 0.266. The molecular weight excluding hydrogens is 182 g/mol. The minimum atomic E-state index is -2.14. The van der Waals surface area contributed by atoms with Gasteiger partial charge in [-0.1, -0.05) is 0 Å². The van der Waals surface area contributed by atoms with Gasteiger partial charge < -0.3 is 31.3 Å². The van der Waals surface area contributed by atoms with Crippen molar-refractivity contribution in [3.05, 3.63) is 0 Å². The van der Waals surface area contributed by atoms with Crippen molar-refractivity contribution in [1.29, 1.82) is 0 Å². The van der Waals surface area contributed by atoms with E-state index in [-0.39, 0.29) is 6.54 Å². The number of aliphatic hydroxyl groups is 4. The van der Waals surface area contributed by atoms with Gasteiger partial charge in [0.2, 0.25) is 0 Å². The van der Waals surface area contributed by atoms with Crippen LogP contribution in [0, 0.1) is 0 Å². The highest BCUT2D eigenvalue weighted by Gasteiger charge is 2.33. The Hall–Kier alpha value is -0.730. The molecule has 7 nitrogen and oxygen atoms in total. The van der Waals surface area contributed by atoms with Crippen LogP contribution in [-0.2, 0) is 4.79 Å². The summed E-state index contributed by atoms with van der Waals surface area (Å²) in [5.41, 5.74) is 4.94. The third-order valence-electron chi connectivity index (χ3n) is 1.56. The lowest BCUT2D eigenvalue weighted by molar-refractivity contribution is -0.162. The average Bonchev–Trinajstić information content (AvgIpc) is 2.12. The largest absolute Gasteiger partial charge is 0.479 e. The first-order valence-electron chi connectivity index (χ1n) is 3.57. The smallest absolute Gasteiger partial charge is 0.335 e. The fraction of sp³-hybridized carbons (Fsp3) is 0.833. The van der Waals surface area contributed by atoms with Crippen molar-refractivity contribution < 1.29 is 30.3 Å². The van der Waals surface area contributed by atoms with E-state index in [2.05, 4.69) is 0 Å². The van der Waals surface area contributed by atoms with E-state index in [1.165, 1.54) is 0 Å². The van der Waals surface area contributed by atoms with E-state index in [1.54, 1.807) is 0 Å². The molecule has 0 saturated carbocycles. The second-order valence-electron chi connectivity index (χ2n) is 2.57. The number of rotatable bonds is 5. The zero-order valence-electron chi connectivity index (χ0n) is 6.74. The molecule has 4 atom stereocenters. The fourth-order valence-corrected chi connectivity index (χ4v) is 0.700. The van der Waals surface area contributed by atoms with Gasteiger partial charge in [0.15, 0.2) is 6.10 Å². The molecule has 0 aliphatic rings. The van der Waals surface area contributed by atoms with E-state index in [4.69, 9.17) is 31.3 Å². The van der Waals surface area contributed by atoms with Gasteiger partial charge in [-0.3, -0.25) is 0 Å². The molecule has 7 heteroatoms.